The highest BCUT2D eigenvalue weighted by atomic mass is 79.9. The largest absolute Gasteiger partial charge is 0.158 e. The van der Waals surface area contributed by atoms with Gasteiger partial charge in [0.25, 0.3) is 0 Å². The summed E-state index contributed by atoms with van der Waals surface area (Å²) in [6.45, 7) is 2.06. The maximum atomic E-state index is 3.83. The van der Waals surface area contributed by atoms with Crippen LogP contribution in [-0.2, 0) is 0 Å². The van der Waals surface area contributed by atoms with Gasteiger partial charge in [0.1, 0.15) is 0 Å². The van der Waals surface area contributed by atoms with Crippen molar-refractivity contribution in [2.75, 3.05) is 0 Å². The Bertz CT molecular complexity index is 426. The molecule has 0 aliphatic rings. The van der Waals surface area contributed by atoms with E-state index in [9.17, 15) is 0 Å². The molecule has 2 aromatic rings. The van der Waals surface area contributed by atoms with Crippen molar-refractivity contribution in [2.24, 2.45) is 0 Å². The molecule has 0 aliphatic heterocycles. The van der Waals surface area contributed by atoms with Crippen LogP contribution in [0.15, 0.2) is 29.0 Å². The van der Waals surface area contributed by atoms with Gasteiger partial charge < -0.3 is 0 Å². The normalized spacial score (nSPS) is 10.5. The molecule has 0 amide bonds. The molecule has 0 N–H and O–H groups in total. The Morgan fingerprint density at radius 1 is 1.17 bits per heavy atom. The summed E-state index contributed by atoms with van der Waals surface area (Å²) >= 11 is 3.51. The van der Waals surface area contributed by atoms with Gasteiger partial charge in [-0.3, -0.25) is 0 Å². The Morgan fingerprint density at radius 2 is 1.92 bits per heavy atom. The van der Waals surface area contributed by atoms with Crippen molar-refractivity contribution >= 4 is 26.7 Å². The number of benzene rings is 1. The molecule has 0 atom stereocenters. The van der Waals surface area contributed by atoms with Crippen LogP contribution in [0.2, 0.25) is 0 Å². The number of aromatic nitrogens is 2. The summed E-state index contributed by atoms with van der Waals surface area (Å²) in [5.74, 6) is 0. The molecule has 0 saturated carbocycles. The molecule has 0 unspecified atom stereocenters. The Hall–Kier alpha value is -0.960. The number of aryl methyl sites for hydroxylation is 1. The van der Waals surface area contributed by atoms with E-state index in [0.29, 0.717) is 0 Å². The maximum Gasteiger partial charge on any atom is 0.0586 e. The second-order valence-corrected chi connectivity index (χ2v) is 3.48. The van der Waals surface area contributed by atoms with Crippen LogP contribution in [0.3, 0.4) is 0 Å². The summed E-state index contributed by atoms with van der Waals surface area (Å²) < 4.78 is 1.11. The fraction of sp³-hybridized carbons (Fsp3) is 0.111. The molecule has 2 nitrogen and oxygen atoms in total. The van der Waals surface area contributed by atoms with Crippen molar-refractivity contribution in [3.8, 4) is 0 Å². The van der Waals surface area contributed by atoms with Gasteiger partial charge in [0.05, 0.1) is 12.4 Å². The first-order chi connectivity index (χ1) is 5.79. The van der Waals surface area contributed by atoms with Crippen molar-refractivity contribution in [2.45, 2.75) is 6.92 Å². The second kappa shape index (κ2) is 2.83. The SMILES string of the molecule is Cc1ccc2cnncc2c1Br. The number of halogens is 1. The van der Waals surface area contributed by atoms with E-state index in [4.69, 9.17) is 0 Å². The summed E-state index contributed by atoms with van der Waals surface area (Å²) in [7, 11) is 0. The third-order valence-electron chi connectivity index (χ3n) is 1.86. The molecular weight excluding hydrogens is 216 g/mol. The van der Waals surface area contributed by atoms with Crippen LogP contribution in [0.25, 0.3) is 10.8 Å². The number of nitrogens with zero attached hydrogens (tertiary/aromatic N) is 2. The molecule has 0 saturated heterocycles. The lowest BCUT2D eigenvalue weighted by Crippen LogP contribution is -1.83. The van der Waals surface area contributed by atoms with Gasteiger partial charge in [0, 0.05) is 15.2 Å². The van der Waals surface area contributed by atoms with Gasteiger partial charge in [-0.25, -0.2) is 0 Å². The average Bonchev–Trinajstić information content (AvgIpc) is 2.12. The van der Waals surface area contributed by atoms with E-state index in [-0.39, 0.29) is 0 Å². The predicted octanol–water partition coefficient (Wildman–Crippen LogP) is 2.70. The number of hydrogen-bond donors (Lipinski definition) is 0. The molecule has 0 aliphatic carbocycles. The summed E-state index contributed by atoms with van der Waals surface area (Å²) in [4.78, 5) is 0. The van der Waals surface area contributed by atoms with Crippen LogP contribution in [0.4, 0.5) is 0 Å². The zero-order valence-electron chi connectivity index (χ0n) is 6.58. The van der Waals surface area contributed by atoms with E-state index < -0.39 is 0 Å². The first kappa shape index (κ1) is 7.68. The molecule has 0 spiro atoms. The van der Waals surface area contributed by atoms with Crippen LogP contribution in [0, 0.1) is 6.92 Å². The zero-order chi connectivity index (χ0) is 8.55. The van der Waals surface area contributed by atoms with Gasteiger partial charge in [0.15, 0.2) is 0 Å². The van der Waals surface area contributed by atoms with Gasteiger partial charge in [0.2, 0.25) is 0 Å². The summed E-state index contributed by atoms with van der Waals surface area (Å²) in [5, 5.41) is 9.88. The van der Waals surface area contributed by atoms with Crippen LogP contribution in [-0.4, -0.2) is 10.2 Å². The smallest absolute Gasteiger partial charge is 0.0586 e. The first-order valence-corrected chi connectivity index (χ1v) is 4.44. The molecule has 1 aromatic heterocycles. The minimum Gasteiger partial charge on any atom is -0.158 e. The average molecular weight is 223 g/mol. The highest BCUT2D eigenvalue weighted by Crippen LogP contribution is 2.25. The highest BCUT2D eigenvalue weighted by molar-refractivity contribution is 9.10. The topological polar surface area (TPSA) is 25.8 Å². The van der Waals surface area contributed by atoms with Crippen molar-refractivity contribution in [1.82, 2.24) is 10.2 Å². The highest BCUT2D eigenvalue weighted by Gasteiger charge is 2.00. The van der Waals surface area contributed by atoms with Crippen LogP contribution in [0.1, 0.15) is 5.56 Å². The molecule has 0 bridgehead atoms. The van der Waals surface area contributed by atoms with E-state index in [1.165, 1.54) is 5.56 Å². The minimum atomic E-state index is 1.11. The van der Waals surface area contributed by atoms with Gasteiger partial charge in [-0.15, -0.1) is 0 Å². The van der Waals surface area contributed by atoms with Gasteiger partial charge in [-0.1, -0.05) is 12.1 Å². The van der Waals surface area contributed by atoms with E-state index in [1.54, 1.807) is 12.4 Å². The third kappa shape index (κ3) is 1.10. The van der Waals surface area contributed by atoms with Crippen LogP contribution in [0.5, 0.6) is 0 Å². The Kier molecular flexibility index (Phi) is 1.81. The lowest BCUT2D eigenvalue weighted by Gasteiger charge is -2.01. The van der Waals surface area contributed by atoms with Crippen molar-refractivity contribution in [3.63, 3.8) is 0 Å². The molecule has 0 radical (unpaired) electrons. The summed E-state index contributed by atoms with van der Waals surface area (Å²) in [5.41, 5.74) is 1.22. The molecule has 3 heteroatoms. The van der Waals surface area contributed by atoms with E-state index in [0.717, 1.165) is 15.2 Å². The molecular formula is C9H7BrN2. The lowest BCUT2D eigenvalue weighted by atomic mass is 10.1. The molecule has 60 valence electrons. The maximum absolute atomic E-state index is 3.83. The molecule has 1 aromatic carbocycles. The Morgan fingerprint density at radius 3 is 2.75 bits per heavy atom. The fourth-order valence-corrected chi connectivity index (χ4v) is 1.61. The fourth-order valence-electron chi connectivity index (χ4n) is 1.15. The molecule has 0 fully saturated rings. The van der Waals surface area contributed by atoms with Crippen LogP contribution >= 0.6 is 15.9 Å². The van der Waals surface area contributed by atoms with E-state index in [2.05, 4.69) is 39.1 Å². The van der Waals surface area contributed by atoms with E-state index >= 15 is 0 Å². The van der Waals surface area contributed by atoms with Crippen molar-refractivity contribution in [1.29, 1.82) is 0 Å². The first-order valence-electron chi connectivity index (χ1n) is 3.64. The summed E-state index contributed by atoms with van der Waals surface area (Å²) in [6.07, 6.45) is 3.53. The van der Waals surface area contributed by atoms with Gasteiger partial charge >= 0.3 is 0 Å². The van der Waals surface area contributed by atoms with Gasteiger partial charge in [-0.2, -0.15) is 10.2 Å². The van der Waals surface area contributed by atoms with Crippen molar-refractivity contribution < 1.29 is 0 Å². The van der Waals surface area contributed by atoms with Crippen LogP contribution < -0.4 is 0 Å². The predicted molar refractivity (Wildman–Crippen MR) is 52.0 cm³/mol. The zero-order valence-corrected chi connectivity index (χ0v) is 8.17. The Balaban J connectivity index is 2.91. The monoisotopic (exact) mass is 222 g/mol. The molecule has 2 rings (SSSR count). The molecule has 12 heavy (non-hydrogen) atoms. The van der Waals surface area contributed by atoms with Crippen molar-refractivity contribution in [3.05, 3.63) is 34.6 Å². The lowest BCUT2D eigenvalue weighted by molar-refractivity contribution is 1.05. The Labute approximate surface area is 78.8 Å². The number of rotatable bonds is 0. The molecule has 1 heterocycles. The quantitative estimate of drug-likeness (QED) is 0.686. The number of fused-ring (bicyclic) bond motifs is 1. The minimum absolute atomic E-state index is 1.11. The number of hydrogen-bond acceptors (Lipinski definition) is 2. The second-order valence-electron chi connectivity index (χ2n) is 2.69. The standard InChI is InChI=1S/C9H7BrN2/c1-6-2-3-7-4-11-12-5-8(7)9(6)10/h2-5H,1H3. The third-order valence-corrected chi connectivity index (χ3v) is 2.91. The van der Waals surface area contributed by atoms with Gasteiger partial charge in [-0.05, 0) is 28.4 Å². The summed E-state index contributed by atoms with van der Waals surface area (Å²) in [6, 6.07) is 4.11. The van der Waals surface area contributed by atoms with E-state index in [1.807, 2.05) is 6.07 Å².